The number of carbonyl (C=O) groups is 1. The highest BCUT2D eigenvalue weighted by molar-refractivity contribution is 7.86. The van der Waals surface area contributed by atoms with Crippen molar-refractivity contribution >= 4 is 27.0 Å². The molecule has 3 aromatic rings. The summed E-state index contributed by atoms with van der Waals surface area (Å²) in [6.45, 7) is 4.33. The van der Waals surface area contributed by atoms with Gasteiger partial charge in [-0.05, 0) is 49.7 Å². The molecule has 0 fully saturated rings. The van der Waals surface area contributed by atoms with E-state index >= 15 is 0 Å². The predicted molar refractivity (Wildman–Crippen MR) is 113 cm³/mol. The fraction of sp³-hybridized carbons (Fsp3) is 0.318. The smallest absolute Gasteiger partial charge is 0.310 e. The molecule has 0 atom stereocenters. The van der Waals surface area contributed by atoms with Crippen LogP contribution in [0.25, 0.3) is 10.9 Å². The SMILES string of the molecule is CCOC(=O)Cc1c[nH]c2ccc(OCCCOS(=O)(=O)c3ccc(C)cc3)cc12. The third-order valence-electron chi connectivity index (χ3n) is 4.48. The van der Waals surface area contributed by atoms with Gasteiger partial charge in [0.15, 0.2) is 0 Å². The van der Waals surface area contributed by atoms with Gasteiger partial charge in [0.1, 0.15) is 5.75 Å². The third kappa shape index (κ3) is 5.61. The van der Waals surface area contributed by atoms with E-state index in [-0.39, 0.29) is 23.9 Å². The maximum absolute atomic E-state index is 12.2. The number of hydrogen-bond acceptors (Lipinski definition) is 6. The number of benzene rings is 2. The Balaban J connectivity index is 1.52. The van der Waals surface area contributed by atoms with Crippen molar-refractivity contribution in [1.29, 1.82) is 0 Å². The Kier molecular flexibility index (Phi) is 7.12. The molecule has 0 bridgehead atoms. The summed E-state index contributed by atoms with van der Waals surface area (Å²) in [6.07, 6.45) is 2.38. The topological polar surface area (TPSA) is 94.7 Å². The van der Waals surface area contributed by atoms with E-state index in [0.717, 1.165) is 22.0 Å². The lowest BCUT2D eigenvalue weighted by Crippen LogP contribution is -2.10. The Morgan fingerprint density at radius 2 is 1.83 bits per heavy atom. The summed E-state index contributed by atoms with van der Waals surface area (Å²) in [6, 6.07) is 12.1. The van der Waals surface area contributed by atoms with Crippen molar-refractivity contribution < 1.29 is 26.9 Å². The van der Waals surface area contributed by atoms with Crippen LogP contribution in [-0.4, -0.2) is 39.2 Å². The van der Waals surface area contributed by atoms with Gasteiger partial charge in [-0.15, -0.1) is 0 Å². The van der Waals surface area contributed by atoms with Gasteiger partial charge in [-0.2, -0.15) is 8.42 Å². The standard InChI is InChI=1S/C22H25NO6S/c1-3-27-22(24)13-17-15-23-21-10-7-18(14-20(17)21)28-11-4-12-29-30(25,26)19-8-5-16(2)6-9-19/h5-10,14-15,23H,3-4,11-13H2,1-2H3. The van der Waals surface area contributed by atoms with Crippen LogP contribution >= 0.6 is 0 Å². The van der Waals surface area contributed by atoms with Gasteiger partial charge in [-0.25, -0.2) is 0 Å². The van der Waals surface area contributed by atoms with E-state index in [4.69, 9.17) is 13.7 Å². The van der Waals surface area contributed by atoms with E-state index in [1.165, 1.54) is 12.1 Å². The number of aromatic amines is 1. The van der Waals surface area contributed by atoms with Crippen LogP contribution in [0.1, 0.15) is 24.5 Å². The van der Waals surface area contributed by atoms with Crippen molar-refractivity contribution in [2.75, 3.05) is 19.8 Å². The molecule has 30 heavy (non-hydrogen) atoms. The lowest BCUT2D eigenvalue weighted by molar-refractivity contribution is -0.142. The zero-order valence-corrected chi connectivity index (χ0v) is 17.8. The number of fused-ring (bicyclic) bond motifs is 1. The van der Waals surface area contributed by atoms with Crippen molar-refractivity contribution in [3.05, 3.63) is 59.8 Å². The lowest BCUT2D eigenvalue weighted by atomic mass is 10.1. The monoisotopic (exact) mass is 431 g/mol. The average molecular weight is 432 g/mol. The minimum atomic E-state index is -3.77. The minimum Gasteiger partial charge on any atom is -0.493 e. The molecule has 0 saturated carbocycles. The van der Waals surface area contributed by atoms with Crippen LogP contribution in [0.3, 0.4) is 0 Å². The van der Waals surface area contributed by atoms with Gasteiger partial charge >= 0.3 is 5.97 Å². The van der Waals surface area contributed by atoms with Crippen LogP contribution in [0.2, 0.25) is 0 Å². The molecular formula is C22H25NO6S. The Morgan fingerprint density at radius 3 is 2.57 bits per heavy atom. The normalized spacial score (nSPS) is 11.5. The number of aromatic nitrogens is 1. The number of nitrogens with one attached hydrogen (secondary N) is 1. The summed E-state index contributed by atoms with van der Waals surface area (Å²) in [5.74, 6) is 0.352. The summed E-state index contributed by atoms with van der Waals surface area (Å²) in [5, 5.41) is 0.888. The van der Waals surface area contributed by atoms with Crippen molar-refractivity contribution in [2.24, 2.45) is 0 Å². The predicted octanol–water partition coefficient (Wildman–Crippen LogP) is 3.76. The molecule has 0 aliphatic heterocycles. The van der Waals surface area contributed by atoms with Crippen LogP contribution in [0, 0.1) is 6.92 Å². The molecule has 0 radical (unpaired) electrons. The summed E-state index contributed by atoms with van der Waals surface area (Å²) in [7, 11) is -3.77. The Labute approximate surface area is 176 Å². The zero-order chi connectivity index (χ0) is 21.6. The second-order valence-corrected chi connectivity index (χ2v) is 8.41. The number of rotatable bonds is 10. The second kappa shape index (κ2) is 9.77. The van der Waals surface area contributed by atoms with Gasteiger partial charge in [-0.1, -0.05) is 17.7 Å². The number of esters is 1. The van der Waals surface area contributed by atoms with Gasteiger partial charge < -0.3 is 14.5 Å². The summed E-state index contributed by atoms with van der Waals surface area (Å²) in [4.78, 5) is 15.0. The van der Waals surface area contributed by atoms with Crippen molar-refractivity contribution in [2.45, 2.75) is 31.6 Å². The largest absolute Gasteiger partial charge is 0.493 e. The zero-order valence-electron chi connectivity index (χ0n) is 17.0. The molecule has 0 aliphatic carbocycles. The average Bonchev–Trinajstić information content (AvgIpc) is 3.10. The van der Waals surface area contributed by atoms with Crippen LogP contribution in [0.4, 0.5) is 0 Å². The number of aryl methyl sites for hydroxylation is 1. The quantitative estimate of drug-likeness (QED) is 0.298. The summed E-state index contributed by atoms with van der Waals surface area (Å²) < 4.78 is 40.1. The van der Waals surface area contributed by atoms with Gasteiger partial charge in [0.25, 0.3) is 10.1 Å². The van der Waals surface area contributed by atoms with Crippen LogP contribution in [0.15, 0.2) is 53.6 Å². The number of hydrogen-bond donors (Lipinski definition) is 1. The molecule has 1 aromatic heterocycles. The third-order valence-corrected chi connectivity index (χ3v) is 5.81. The molecule has 1 heterocycles. The maximum Gasteiger partial charge on any atom is 0.310 e. The number of ether oxygens (including phenoxy) is 2. The fourth-order valence-electron chi connectivity index (χ4n) is 2.95. The van der Waals surface area contributed by atoms with Crippen LogP contribution in [0.5, 0.6) is 5.75 Å². The maximum atomic E-state index is 12.2. The van der Waals surface area contributed by atoms with Crippen LogP contribution in [-0.2, 0) is 30.3 Å². The van der Waals surface area contributed by atoms with E-state index in [0.29, 0.717) is 25.4 Å². The first-order valence-corrected chi connectivity index (χ1v) is 11.1. The van der Waals surface area contributed by atoms with E-state index in [2.05, 4.69) is 4.98 Å². The minimum absolute atomic E-state index is 0.0245. The molecule has 0 aliphatic rings. The highest BCUT2D eigenvalue weighted by Gasteiger charge is 2.14. The molecule has 0 unspecified atom stereocenters. The Hall–Kier alpha value is -2.84. The van der Waals surface area contributed by atoms with Crippen molar-refractivity contribution in [3.63, 3.8) is 0 Å². The first-order valence-electron chi connectivity index (χ1n) is 9.73. The Morgan fingerprint density at radius 1 is 1.07 bits per heavy atom. The Bertz CT molecular complexity index is 1100. The molecule has 0 spiro atoms. The molecular weight excluding hydrogens is 406 g/mol. The van der Waals surface area contributed by atoms with Gasteiger partial charge in [0.2, 0.25) is 0 Å². The van der Waals surface area contributed by atoms with Crippen LogP contribution < -0.4 is 4.74 Å². The van der Waals surface area contributed by atoms with E-state index in [1.807, 2.05) is 25.1 Å². The summed E-state index contributed by atoms with van der Waals surface area (Å²) in [5.41, 5.74) is 2.71. The first-order chi connectivity index (χ1) is 14.4. The first kappa shape index (κ1) is 21.9. The van der Waals surface area contributed by atoms with E-state index < -0.39 is 10.1 Å². The molecule has 1 N–H and O–H groups in total. The summed E-state index contributed by atoms with van der Waals surface area (Å²) >= 11 is 0. The highest BCUT2D eigenvalue weighted by Crippen LogP contribution is 2.24. The molecule has 7 nitrogen and oxygen atoms in total. The molecule has 8 heteroatoms. The molecule has 3 rings (SSSR count). The molecule has 0 amide bonds. The van der Waals surface area contributed by atoms with E-state index in [9.17, 15) is 13.2 Å². The second-order valence-electron chi connectivity index (χ2n) is 6.79. The van der Waals surface area contributed by atoms with Gasteiger partial charge in [-0.3, -0.25) is 8.98 Å². The van der Waals surface area contributed by atoms with Crippen molar-refractivity contribution in [1.82, 2.24) is 4.98 Å². The van der Waals surface area contributed by atoms with Crippen molar-refractivity contribution in [3.8, 4) is 5.75 Å². The number of H-pyrrole nitrogens is 1. The van der Waals surface area contributed by atoms with Gasteiger partial charge in [0, 0.05) is 23.5 Å². The lowest BCUT2D eigenvalue weighted by Gasteiger charge is -2.08. The molecule has 160 valence electrons. The van der Waals surface area contributed by atoms with E-state index in [1.54, 1.807) is 25.3 Å². The fourth-order valence-corrected chi connectivity index (χ4v) is 3.89. The number of carbonyl (C=O) groups excluding carboxylic acids is 1. The molecule has 2 aromatic carbocycles. The highest BCUT2D eigenvalue weighted by atomic mass is 32.2. The molecule has 0 saturated heterocycles. The van der Waals surface area contributed by atoms with Gasteiger partial charge in [0.05, 0.1) is 31.1 Å².